The highest BCUT2D eigenvalue weighted by Gasteiger charge is 2.38. The molecule has 2 atom stereocenters. The Labute approximate surface area is 74.0 Å². The first kappa shape index (κ1) is 9.72. The van der Waals surface area contributed by atoms with E-state index in [1.165, 1.54) is 0 Å². The molecule has 1 saturated heterocycles. The summed E-state index contributed by atoms with van der Waals surface area (Å²) in [6.07, 6.45) is -1.26. The Bertz CT molecular complexity index is 235. The van der Waals surface area contributed by atoms with Gasteiger partial charge in [0.1, 0.15) is 12.2 Å². The molecule has 5 N–H and O–H groups in total. The highest BCUT2D eigenvalue weighted by Crippen LogP contribution is 2.19. The zero-order valence-electron chi connectivity index (χ0n) is 6.87. The van der Waals surface area contributed by atoms with E-state index in [0.29, 0.717) is 0 Å². The van der Waals surface area contributed by atoms with Crippen molar-refractivity contribution in [2.24, 2.45) is 11.6 Å². The van der Waals surface area contributed by atoms with Crippen molar-refractivity contribution in [1.82, 2.24) is 10.3 Å². The molecular formula is C6H11FN4O2. The molecule has 0 unspecified atom stereocenters. The predicted molar refractivity (Wildman–Crippen MR) is 41.9 cm³/mol. The van der Waals surface area contributed by atoms with Gasteiger partial charge in [0.25, 0.3) is 5.91 Å². The number of hydrazine groups is 1. The molecule has 1 rings (SSSR count). The van der Waals surface area contributed by atoms with Crippen molar-refractivity contribution < 1.29 is 14.0 Å². The fourth-order valence-electron chi connectivity index (χ4n) is 1.37. The van der Waals surface area contributed by atoms with Gasteiger partial charge in [-0.05, 0) is 0 Å². The number of rotatable bonds is 1. The number of alkyl halides is 1. The fraction of sp³-hybridized carbons (Fsp3) is 0.667. The average molecular weight is 190 g/mol. The first-order valence-corrected chi connectivity index (χ1v) is 3.77. The molecule has 0 aromatic heterocycles. The minimum Gasteiger partial charge on any atom is -0.351 e. The maximum atomic E-state index is 12.8. The third kappa shape index (κ3) is 1.86. The van der Waals surface area contributed by atoms with Crippen LogP contribution in [-0.2, 0) is 4.79 Å². The van der Waals surface area contributed by atoms with Crippen molar-refractivity contribution in [3.63, 3.8) is 0 Å². The largest absolute Gasteiger partial charge is 0.351 e. The predicted octanol–water partition coefficient (Wildman–Crippen LogP) is -1.53. The Balaban J connectivity index is 2.71. The number of hydrogen-bond donors (Lipinski definition) is 3. The second-order valence-corrected chi connectivity index (χ2v) is 2.85. The molecule has 1 fully saturated rings. The smallest absolute Gasteiger partial charge is 0.315 e. The molecule has 1 aliphatic heterocycles. The minimum absolute atomic E-state index is 0.0496. The Morgan fingerprint density at radius 1 is 1.54 bits per heavy atom. The van der Waals surface area contributed by atoms with Gasteiger partial charge in [-0.2, -0.15) is 0 Å². The van der Waals surface area contributed by atoms with Crippen LogP contribution in [0.25, 0.3) is 0 Å². The second kappa shape index (κ2) is 3.56. The van der Waals surface area contributed by atoms with Crippen LogP contribution in [0.4, 0.5) is 9.18 Å². The van der Waals surface area contributed by atoms with Crippen LogP contribution < -0.4 is 17.0 Å². The third-order valence-electron chi connectivity index (χ3n) is 1.98. The number of likely N-dealkylation sites (tertiary alicyclic amines) is 1. The van der Waals surface area contributed by atoms with Crippen molar-refractivity contribution in [3.8, 4) is 0 Å². The van der Waals surface area contributed by atoms with E-state index in [1.807, 2.05) is 5.43 Å². The molecule has 1 aliphatic rings. The van der Waals surface area contributed by atoms with E-state index >= 15 is 0 Å². The van der Waals surface area contributed by atoms with Crippen molar-refractivity contribution in [2.45, 2.75) is 18.6 Å². The monoisotopic (exact) mass is 190 g/mol. The van der Waals surface area contributed by atoms with Crippen LogP contribution in [-0.4, -0.2) is 35.6 Å². The second-order valence-electron chi connectivity index (χ2n) is 2.85. The lowest BCUT2D eigenvalue weighted by molar-refractivity contribution is -0.124. The molecule has 13 heavy (non-hydrogen) atoms. The van der Waals surface area contributed by atoms with Gasteiger partial charge in [-0.3, -0.25) is 10.2 Å². The lowest BCUT2D eigenvalue weighted by atomic mass is 10.2. The zero-order chi connectivity index (χ0) is 10.0. The van der Waals surface area contributed by atoms with Gasteiger partial charge in [0.05, 0.1) is 6.54 Å². The van der Waals surface area contributed by atoms with Gasteiger partial charge in [0, 0.05) is 6.42 Å². The van der Waals surface area contributed by atoms with E-state index in [2.05, 4.69) is 0 Å². The summed E-state index contributed by atoms with van der Waals surface area (Å²) in [7, 11) is 0. The van der Waals surface area contributed by atoms with Gasteiger partial charge in [-0.25, -0.2) is 15.0 Å². The van der Waals surface area contributed by atoms with Crippen LogP contribution in [0.2, 0.25) is 0 Å². The van der Waals surface area contributed by atoms with Gasteiger partial charge >= 0.3 is 6.03 Å². The topological polar surface area (TPSA) is 101 Å². The SMILES string of the molecule is NNC(=O)[C@@H]1C[C@H](F)CN1C(N)=O. The van der Waals surface area contributed by atoms with Crippen LogP contribution >= 0.6 is 0 Å². The molecule has 3 amide bonds. The van der Waals surface area contributed by atoms with Crippen molar-refractivity contribution in [1.29, 1.82) is 0 Å². The molecular weight excluding hydrogens is 179 g/mol. The first-order chi connectivity index (χ1) is 6.06. The molecule has 0 aromatic rings. The summed E-state index contributed by atoms with van der Waals surface area (Å²) in [6, 6.07) is -1.69. The summed E-state index contributed by atoms with van der Waals surface area (Å²) in [4.78, 5) is 22.7. The maximum absolute atomic E-state index is 12.8. The molecule has 0 aliphatic carbocycles. The molecule has 7 heteroatoms. The number of primary amides is 1. The van der Waals surface area contributed by atoms with Crippen LogP contribution in [0.3, 0.4) is 0 Å². The summed E-state index contributed by atoms with van der Waals surface area (Å²) in [6.45, 7) is -0.145. The Hall–Kier alpha value is -1.37. The van der Waals surface area contributed by atoms with Crippen LogP contribution in [0.5, 0.6) is 0 Å². The minimum atomic E-state index is -1.21. The number of hydrogen-bond acceptors (Lipinski definition) is 3. The molecule has 0 saturated carbocycles. The highest BCUT2D eigenvalue weighted by atomic mass is 19.1. The molecule has 0 spiro atoms. The van der Waals surface area contributed by atoms with E-state index in [0.717, 1.165) is 4.90 Å². The number of nitrogens with two attached hydrogens (primary N) is 2. The van der Waals surface area contributed by atoms with Gasteiger partial charge in [-0.1, -0.05) is 0 Å². The van der Waals surface area contributed by atoms with Gasteiger partial charge in [0.15, 0.2) is 0 Å². The maximum Gasteiger partial charge on any atom is 0.315 e. The molecule has 74 valence electrons. The van der Waals surface area contributed by atoms with E-state index in [-0.39, 0.29) is 13.0 Å². The molecule has 6 nitrogen and oxygen atoms in total. The van der Waals surface area contributed by atoms with Gasteiger partial charge in [-0.15, -0.1) is 0 Å². The average Bonchev–Trinajstić information content (AvgIpc) is 2.46. The van der Waals surface area contributed by atoms with Crippen LogP contribution in [0.1, 0.15) is 6.42 Å². The summed E-state index contributed by atoms with van der Waals surface area (Å²) in [5.41, 5.74) is 6.80. The first-order valence-electron chi connectivity index (χ1n) is 3.77. The van der Waals surface area contributed by atoms with Gasteiger partial charge in [0.2, 0.25) is 0 Å². The normalized spacial score (nSPS) is 27.4. The standard InChI is InChI=1S/C6H11FN4O2/c7-3-1-4(5(12)10-9)11(2-3)6(8)13/h3-4H,1-2,9H2,(H2,8,13)(H,10,12)/t3-,4-/m0/s1. The molecule has 0 bridgehead atoms. The summed E-state index contributed by atoms with van der Waals surface area (Å²) in [5, 5.41) is 0. The number of nitrogens with one attached hydrogen (secondary N) is 1. The Kier molecular flexibility index (Phi) is 2.66. The quantitative estimate of drug-likeness (QED) is 0.265. The molecule has 0 radical (unpaired) electrons. The highest BCUT2D eigenvalue weighted by molar-refractivity contribution is 5.86. The van der Waals surface area contributed by atoms with E-state index in [9.17, 15) is 14.0 Å². The molecule has 0 aromatic carbocycles. The van der Waals surface area contributed by atoms with Gasteiger partial charge < -0.3 is 10.6 Å². The van der Waals surface area contributed by atoms with Crippen LogP contribution in [0, 0.1) is 0 Å². The number of urea groups is 1. The summed E-state index contributed by atoms with van der Waals surface area (Å²) >= 11 is 0. The number of halogens is 1. The zero-order valence-corrected chi connectivity index (χ0v) is 6.87. The fourth-order valence-corrected chi connectivity index (χ4v) is 1.37. The Morgan fingerprint density at radius 3 is 2.62 bits per heavy atom. The third-order valence-corrected chi connectivity index (χ3v) is 1.98. The lowest BCUT2D eigenvalue weighted by Crippen LogP contribution is -2.49. The molecule has 1 heterocycles. The summed E-state index contributed by atoms with van der Waals surface area (Å²) in [5.74, 6) is 4.26. The lowest BCUT2D eigenvalue weighted by Gasteiger charge is -2.19. The van der Waals surface area contributed by atoms with Crippen molar-refractivity contribution in [3.05, 3.63) is 0 Å². The number of carbonyl (C=O) groups is 2. The van der Waals surface area contributed by atoms with E-state index < -0.39 is 24.2 Å². The van der Waals surface area contributed by atoms with Crippen molar-refractivity contribution in [2.75, 3.05) is 6.54 Å². The van der Waals surface area contributed by atoms with E-state index in [1.54, 1.807) is 0 Å². The van der Waals surface area contributed by atoms with E-state index in [4.69, 9.17) is 11.6 Å². The number of nitrogens with zero attached hydrogens (tertiary/aromatic N) is 1. The number of amides is 3. The van der Waals surface area contributed by atoms with Crippen molar-refractivity contribution >= 4 is 11.9 Å². The Morgan fingerprint density at radius 2 is 2.15 bits per heavy atom. The van der Waals surface area contributed by atoms with Crippen LogP contribution in [0.15, 0.2) is 0 Å². The number of carbonyl (C=O) groups excluding carboxylic acids is 2. The summed E-state index contributed by atoms with van der Waals surface area (Å²) < 4.78 is 12.8.